The summed E-state index contributed by atoms with van der Waals surface area (Å²) in [4.78, 5) is 46.3. The van der Waals surface area contributed by atoms with Gasteiger partial charge in [0.15, 0.2) is 0 Å². The van der Waals surface area contributed by atoms with Crippen LogP contribution in [0.15, 0.2) is 48.7 Å². The second-order valence-corrected chi connectivity index (χ2v) is 8.37. The predicted molar refractivity (Wildman–Crippen MR) is 122 cm³/mol. The van der Waals surface area contributed by atoms with Crippen molar-refractivity contribution in [2.24, 2.45) is 23.5 Å². The van der Waals surface area contributed by atoms with E-state index in [1.165, 1.54) is 0 Å². The number of nitrogens with zero attached hydrogens (tertiary/aromatic N) is 2. The Hall–Kier alpha value is -4.21. The molecule has 2 aromatic heterocycles. The van der Waals surface area contributed by atoms with Gasteiger partial charge in [0.05, 0.1) is 17.7 Å². The fraction of sp³-hybridized carbons (Fsp3) is 0.261. The average molecular weight is 445 g/mol. The largest absolute Gasteiger partial charge is 0.369 e. The van der Waals surface area contributed by atoms with Crippen LogP contribution in [0.25, 0.3) is 11.0 Å². The smallest absolute Gasteiger partial charge is 0.231 e. The van der Waals surface area contributed by atoms with Crippen molar-refractivity contribution in [2.45, 2.75) is 18.9 Å². The van der Waals surface area contributed by atoms with Crippen LogP contribution in [-0.4, -0.2) is 39.2 Å². The van der Waals surface area contributed by atoms with Gasteiger partial charge >= 0.3 is 0 Å². The Morgan fingerprint density at radius 2 is 1.91 bits per heavy atom. The highest BCUT2D eigenvalue weighted by Gasteiger charge is 2.47. The maximum atomic E-state index is 12.1. The third-order valence-electron chi connectivity index (χ3n) is 6.30. The van der Waals surface area contributed by atoms with Crippen molar-refractivity contribution < 1.29 is 14.4 Å². The van der Waals surface area contributed by atoms with E-state index >= 15 is 0 Å². The van der Waals surface area contributed by atoms with Crippen molar-refractivity contribution in [3.8, 4) is 0 Å². The highest BCUT2D eigenvalue weighted by molar-refractivity contribution is 5.89. The molecule has 2 heterocycles. The number of anilines is 3. The highest BCUT2D eigenvalue weighted by atomic mass is 16.2. The zero-order chi connectivity index (χ0) is 22.9. The molecule has 0 radical (unpaired) electrons. The number of primary amides is 1. The van der Waals surface area contributed by atoms with Crippen LogP contribution in [0.5, 0.6) is 0 Å². The number of rotatable bonds is 8. The van der Waals surface area contributed by atoms with Crippen LogP contribution >= 0.6 is 0 Å². The Balaban J connectivity index is 1.37. The van der Waals surface area contributed by atoms with Gasteiger partial charge in [-0.25, -0.2) is 0 Å². The molecule has 2 aliphatic carbocycles. The van der Waals surface area contributed by atoms with Crippen molar-refractivity contribution in [1.82, 2.24) is 20.3 Å². The summed E-state index contributed by atoms with van der Waals surface area (Å²) in [6, 6.07) is 8.97. The number of amides is 3. The molecule has 33 heavy (non-hydrogen) atoms. The van der Waals surface area contributed by atoms with Crippen LogP contribution in [0.4, 0.5) is 17.5 Å². The molecule has 3 aromatic rings. The zero-order valence-corrected chi connectivity index (χ0v) is 17.6. The summed E-state index contributed by atoms with van der Waals surface area (Å²) in [5, 5.41) is 9.59. The molecule has 10 heteroatoms. The first-order chi connectivity index (χ1) is 16.0. The maximum Gasteiger partial charge on any atom is 0.231 e. The Labute approximate surface area is 189 Å². The van der Waals surface area contributed by atoms with Crippen LogP contribution in [0, 0.1) is 17.8 Å². The predicted octanol–water partition coefficient (Wildman–Crippen LogP) is 1.60. The Kier molecular flexibility index (Phi) is 5.25. The molecule has 3 amide bonds. The number of hydrogen-bond acceptors (Lipinski definition) is 7. The summed E-state index contributed by atoms with van der Waals surface area (Å²) in [5.41, 5.74) is 7.87. The molecule has 3 unspecified atom stereocenters. The lowest BCUT2D eigenvalue weighted by Crippen LogP contribution is -2.41. The minimum atomic E-state index is -0.369. The van der Waals surface area contributed by atoms with Crippen LogP contribution < -0.4 is 21.7 Å². The molecule has 10 nitrogen and oxygen atoms in total. The third-order valence-corrected chi connectivity index (χ3v) is 6.30. The van der Waals surface area contributed by atoms with Crippen molar-refractivity contribution in [2.75, 3.05) is 10.6 Å². The Morgan fingerprint density at radius 3 is 2.67 bits per heavy atom. The quantitative estimate of drug-likeness (QED) is 0.261. The van der Waals surface area contributed by atoms with Crippen molar-refractivity contribution in [3.63, 3.8) is 0 Å². The molecule has 2 aliphatic rings. The number of fused-ring (bicyclic) bond motifs is 3. The van der Waals surface area contributed by atoms with Crippen LogP contribution in [0.3, 0.4) is 0 Å². The standard InChI is InChI=1S/C23H23N7O3/c24-20(33)18-13-3-4-14(10-13)19(18)28-22-16-7-8-25-21(16)29-23(30-22)27-15-5-1-12(2-6-15)9-17(32)26-11-31/h1-8,11,13-14,18-19H,9-10H2,(H2,24,33)(H,26,31,32)(H3,25,27,28,29,30)/t13-,14?,18?,19?/m1/s1. The zero-order valence-electron chi connectivity index (χ0n) is 17.6. The van der Waals surface area contributed by atoms with Gasteiger partial charge < -0.3 is 21.4 Å². The molecule has 6 N–H and O–H groups in total. The number of carbonyl (C=O) groups is 3. The first-order valence-corrected chi connectivity index (χ1v) is 10.7. The molecule has 0 saturated heterocycles. The molecule has 0 aliphatic heterocycles. The number of H-pyrrole nitrogens is 1. The molecule has 1 saturated carbocycles. The minimum absolute atomic E-state index is 0.108. The monoisotopic (exact) mass is 445 g/mol. The Morgan fingerprint density at radius 1 is 1.12 bits per heavy atom. The van der Waals surface area contributed by atoms with E-state index in [0.29, 0.717) is 23.8 Å². The number of benzene rings is 1. The molecule has 4 atom stereocenters. The lowest BCUT2D eigenvalue weighted by molar-refractivity contribution is -0.125. The number of aromatic amines is 1. The molecular formula is C23H23N7O3. The lowest BCUT2D eigenvalue weighted by Gasteiger charge is -2.27. The van der Waals surface area contributed by atoms with E-state index in [-0.39, 0.29) is 42.0 Å². The van der Waals surface area contributed by atoms with E-state index in [1.54, 1.807) is 18.3 Å². The maximum absolute atomic E-state index is 12.1. The van der Waals surface area contributed by atoms with Crippen LogP contribution in [0.2, 0.25) is 0 Å². The SMILES string of the molecule is NC(=O)C1C(Nc2nc(Nc3ccc(CC(=O)NC=O)cc3)nc3[nH]ccc23)C2C=C[C@@H]1C2. The number of hydrogen-bond donors (Lipinski definition) is 5. The number of aromatic nitrogens is 3. The summed E-state index contributed by atoms with van der Waals surface area (Å²) >= 11 is 0. The Bertz CT molecular complexity index is 1250. The number of allylic oxidation sites excluding steroid dienone is 1. The van der Waals surface area contributed by atoms with Gasteiger partial charge in [-0.3, -0.25) is 19.7 Å². The van der Waals surface area contributed by atoms with E-state index in [0.717, 1.165) is 23.1 Å². The van der Waals surface area contributed by atoms with E-state index in [2.05, 4.69) is 43.1 Å². The summed E-state index contributed by atoms with van der Waals surface area (Å²) in [6.45, 7) is 0. The molecule has 1 aromatic carbocycles. The van der Waals surface area contributed by atoms with Gasteiger partial charge in [-0.2, -0.15) is 9.97 Å². The average Bonchev–Trinajstić information content (AvgIpc) is 3.51. The molecule has 5 rings (SSSR count). The number of nitrogens with one attached hydrogen (secondary N) is 4. The van der Waals surface area contributed by atoms with Crippen LogP contribution in [0.1, 0.15) is 12.0 Å². The first kappa shape index (κ1) is 20.7. The van der Waals surface area contributed by atoms with Gasteiger partial charge in [-0.1, -0.05) is 24.3 Å². The topological polar surface area (TPSA) is 155 Å². The van der Waals surface area contributed by atoms with Crippen molar-refractivity contribution in [3.05, 3.63) is 54.2 Å². The molecule has 168 valence electrons. The second kappa shape index (κ2) is 8.38. The fourth-order valence-electron chi connectivity index (χ4n) is 4.81. The first-order valence-electron chi connectivity index (χ1n) is 10.7. The van der Waals surface area contributed by atoms with Gasteiger partial charge in [-0.05, 0) is 42.0 Å². The minimum Gasteiger partial charge on any atom is -0.369 e. The normalized spacial score (nSPS) is 22.9. The van der Waals surface area contributed by atoms with Gasteiger partial charge in [0.2, 0.25) is 24.2 Å². The molecule has 2 bridgehead atoms. The van der Waals surface area contributed by atoms with Gasteiger partial charge in [0.1, 0.15) is 11.5 Å². The molecule has 1 fully saturated rings. The number of carbonyl (C=O) groups excluding carboxylic acids is 3. The van der Waals surface area contributed by atoms with Crippen LogP contribution in [-0.2, 0) is 20.8 Å². The molecule has 0 spiro atoms. The highest BCUT2D eigenvalue weighted by Crippen LogP contribution is 2.45. The number of imide groups is 1. The molecular weight excluding hydrogens is 422 g/mol. The summed E-state index contributed by atoms with van der Waals surface area (Å²) in [6.07, 6.45) is 7.42. The van der Waals surface area contributed by atoms with Crippen molar-refractivity contribution in [1.29, 1.82) is 0 Å². The summed E-state index contributed by atoms with van der Waals surface area (Å²) in [5.74, 6) is 0.464. The summed E-state index contributed by atoms with van der Waals surface area (Å²) in [7, 11) is 0. The van der Waals surface area contributed by atoms with Gasteiger partial charge in [0, 0.05) is 17.9 Å². The fourth-order valence-corrected chi connectivity index (χ4v) is 4.81. The second-order valence-electron chi connectivity index (χ2n) is 8.37. The van der Waals surface area contributed by atoms with E-state index in [1.807, 2.05) is 18.2 Å². The third kappa shape index (κ3) is 4.02. The van der Waals surface area contributed by atoms with E-state index in [4.69, 9.17) is 5.73 Å². The lowest BCUT2D eigenvalue weighted by atomic mass is 9.88. The van der Waals surface area contributed by atoms with Gasteiger partial charge in [-0.15, -0.1) is 0 Å². The number of nitrogens with two attached hydrogens (primary N) is 1. The summed E-state index contributed by atoms with van der Waals surface area (Å²) < 4.78 is 0. The van der Waals surface area contributed by atoms with Gasteiger partial charge in [0.25, 0.3) is 0 Å². The van der Waals surface area contributed by atoms with E-state index in [9.17, 15) is 14.4 Å². The van der Waals surface area contributed by atoms with Crippen molar-refractivity contribution >= 4 is 46.7 Å². The van der Waals surface area contributed by atoms with E-state index < -0.39 is 0 Å².